The Morgan fingerprint density at radius 3 is 2.57 bits per heavy atom. The Balaban J connectivity index is 1.45. The van der Waals surface area contributed by atoms with Crippen molar-refractivity contribution >= 4 is 11.8 Å². The van der Waals surface area contributed by atoms with Crippen molar-refractivity contribution in [1.82, 2.24) is 14.9 Å². The van der Waals surface area contributed by atoms with Crippen molar-refractivity contribution in [3.8, 4) is 5.75 Å². The van der Waals surface area contributed by atoms with Gasteiger partial charge in [-0.1, -0.05) is 42.5 Å². The first kappa shape index (κ1) is 27.6. The maximum atomic E-state index is 14.2. The lowest BCUT2D eigenvalue weighted by Crippen LogP contribution is -2.63. The Hall–Kier alpha value is -4.58. The largest absolute Gasteiger partial charge is 0.482 e. The molecule has 0 aliphatic carbocycles. The van der Waals surface area contributed by atoms with Gasteiger partial charge in [-0.2, -0.15) is 0 Å². The topological polar surface area (TPSA) is 93.1 Å². The third kappa shape index (κ3) is 4.71. The number of carbonyl (C=O) groups is 2. The summed E-state index contributed by atoms with van der Waals surface area (Å²) < 4.78 is 55.0. The molecule has 0 radical (unpaired) electrons. The zero-order chi connectivity index (χ0) is 29.6. The first-order chi connectivity index (χ1) is 20.2. The molecule has 1 spiro atoms. The summed E-state index contributed by atoms with van der Waals surface area (Å²) in [7, 11) is 0. The van der Waals surface area contributed by atoms with E-state index in [0.29, 0.717) is 31.8 Å². The van der Waals surface area contributed by atoms with Crippen molar-refractivity contribution < 1.29 is 32.2 Å². The third-order valence-electron chi connectivity index (χ3n) is 7.88. The molecule has 0 saturated carbocycles. The molecule has 2 aromatic carbocycles. The number of benzene rings is 2. The van der Waals surface area contributed by atoms with E-state index < -0.39 is 57.9 Å². The predicted molar refractivity (Wildman–Crippen MR) is 145 cm³/mol. The highest BCUT2D eigenvalue weighted by molar-refractivity contribution is 5.99. The van der Waals surface area contributed by atoms with Crippen molar-refractivity contribution in [1.29, 1.82) is 0 Å². The van der Waals surface area contributed by atoms with E-state index in [-0.39, 0.29) is 30.8 Å². The fourth-order valence-corrected chi connectivity index (χ4v) is 5.49. The molecule has 1 saturated heterocycles. The van der Waals surface area contributed by atoms with Crippen LogP contribution in [-0.2, 0) is 17.9 Å². The lowest BCUT2D eigenvalue weighted by atomic mass is 9.97. The second-order valence-corrected chi connectivity index (χ2v) is 10.5. The number of aromatic nitrogens is 1. The highest BCUT2D eigenvalue weighted by atomic mass is 19.1. The minimum atomic E-state index is -1.18. The number of ether oxygens (including phenoxy) is 2. The Bertz CT molecular complexity index is 1630. The Morgan fingerprint density at radius 1 is 1.14 bits per heavy atom. The van der Waals surface area contributed by atoms with Crippen LogP contribution in [0.1, 0.15) is 45.3 Å². The van der Waals surface area contributed by atoms with Gasteiger partial charge in [0.25, 0.3) is 11.8 Å². The first-order valence-corrected chi connectivity index (χ1v) is 13.4. The molecule has 42 heavy (non-hydrogen) atoms. The van der Waals surface area contributed by atoms with Crippen LogP contribution in [0.5, 0.6) is 5.75 Å². The molecule has 2 bridgehead atoms. The van der Waals surface area contributed by atoms with E-state index in [0.717, 1.165) is 5.56 Å². The van der Waals surface area contributed by atoms with Gasteiger partial charge >= 0.3 is 0 Å². The molecule has 0 unspecified atom stereocenters. The smallest absolute Gasteiger partial charge is 0.278 e. The van der Waals surface area contributed by atoms with Crippen molar-refractivity contribution in [2.24, 2.45) is 0 Å². The molecule has 218 valence electrons. The maximum Gasteiger partial charge on any atom is 0.278 e. The zero-order valence-electron chi connectivity index (χ0n) is 22.6. The third-order valence-corrected chi connectivity index (χ3v) is 7.88. The van der Waals surface area contributed by atoms with E-state index in [1.165, 1.54) is 10.9 Å². The van der Waals surface area contributed by atoms with Gasteiger partial charge < -0.3 is 19.7 Å². The number of halogens is 3. The van der Waals surface area contributed by atoms with Crippen LogP contribution in [0.2, 0.25) is 0 Å². The summed E-state index contributed by atoms with van der Waals surface area (Å²) in [5.74, 6) is -5.19. The number of nitrogens with one attached hydrogen (secondary N) is 1. The van der Waals surface area contributed by atoms with Gasteiger partial charge in [0.05, 0.1) is 6.61 Å². The van der Waals surface area contributed by atoms with Crippen LogP contribution in [0.3, 0.4) is 0 Å². The van der Waals surface area contributed by atoms with E-state index >= 15 is 0 Å². The zero-order valence-corrected chi connectivity index (χ0v) is 22.6. The van der Waals surface area contributed by atoms with Gasteiger partial charge in [-0.3, -0.25) is 24.1 Å². The second-order valence-electron chi connectivity index (χ2n) is 10.5. The molecule has 3 aromatic rings. The molecule has 1 N–H and O–H groups in total. The van der Waals surface area contributed by atoms with Gasteiger partial charge in [0, 0.05) is 49.5 Å². The molecule has 6 rings (SSSR count). The number of fused-ring (bicyclic) bond motifs is 5. The normalized spacial score (nSPS) is 21.0. The molecule has 2 amide bonds. The SMILES string of the molecule is C[C@H]1C=C[C@]2(CCOC2)N2CN1C(=O)c1c(OCc3ccccc3)c(=O)c(C(=O)NCc3c(F)cc(F)cc3F)cn12. The lowest BCUT2D eigenvalue weighted by molar-refractivity contribution is 0.0626. The van der Waals surface area contributed by atoms with E-state index in [1.54, 1.807) is 29.2 Å². The van der Waals surface area contributed by atoms with Gasteiger partial charge in [-0.15, -0.1) is 0 Å². The second kappa shape index (κ2) is 10.7. The van der Waals surface area contributed by atoms with Gasteiger partial charge in [-0.05, 0) is 12.5 Å². The standard InChI is InChI=1S/C30H27F3N4O5/c1-18-7-8-30(9-10-41-16-30)37-17-35(18)29(40)25-27(42-15-19-5-3-2-4-6-19)26(38)22(14-36(25)37)28(39)34-13-21-23(32)11-20(31)12-24(21)33/h2-8,11-12,14,18H,9-10,13,15-17H2,1H3,(H,34,39)/t18-,30+/m0/s1. The minimum Gasteiger partial charge on any atom is -0.482 e. The van der Waals surface area contributed by atoms with Crippen molar-refractivity contribution in [3.63, 3.8) is 0 Å². The highest BCUT2D eigenvalue weighted by Crippen LogP contribution is 2.35. The minimum absolute atomic E-state index is 0.0452. The van der Waals surface area contributed by atoms with E-state index in [2.05, 4.69) is 5.32 Å². The van der Waals surface area contributed by atoms with Crippen LogP contribution < -0.4 is 20.5 Å². The number of rotatable bonds is 6. The average Bonchev–Trinajstić information content (AvgIpc) is 3.40. The molecule has 3 aliphatic rings. The molecule has 9 nitrogen and oxygen atoms in total. The quantitative estimate of drug-likeness (QED) is 0.451. The van der Waals surface area contributed by atoms with Crippen LogP contribution in [0.4, 0.5) is 13.2 Å². The molecule has 1 aromatic heterocycles. The molecule has 2 atom stereocenters. The Morgan fingerprint density at radius 2 is 1.88 bits per heavy atom. The number of carbonyl (C=O) groups excluding carboxylic acids is 2. The summed E-state index contributed by atoms with van der Waals surface area (Å²) in [6.45, 7) is 2.10. The maximum absolute atomic E-state index is 14.2. The fraction of sp³-hybridized carbons (Fsp3) is 0.300. The summed E-state index contributed by atoms with van der Waals surface area (Å²) in [5.41, 5.74) is -1.81. The summed E-state index contributed by atoms with van der Waals surface area (Å²) in [6.07, 6.45) is 5.74. The van der Waals surface area contributed by atoms with Crippen LogP contribution in [0.15, 0.2) is 65.6 Å². The van der Waals surface area contributed by atoms with Crippen LogP contribution in [0, 0.1) is 17.5 Å². The van der Waals surface area contributed by atoms with Crippen LogP contribution >= 0.6 is 0 Å². The van der Waals surface area contributed by atoms with Crippen LogP contribution in [0.25, 0.3) is 0 Å². The van der Waals surface area contributed by atoms with Crippen molar-refractivity contribution in [2.45, 2.75) is 38.1 Å². The molecule has 1 fully saturated rings. The highest BCUT2D eigenvalue weighted by Gasteiger charge is 2.48. The summed E-state index contributed by atoms with van der Waals surface area (Å²) in [6, 6.07) is 9.71. The summed E-state index contributed by atoms with van der Waals surface area (Å²) >= 11 is 0. The first-order valence-electron chi connectivity index (χ1n) is 13.4. The van der Waals surface area contributed by atoms with E-state index in [1.807, 2.05) is 30.2 Å². The van der Waals surface area contributed by atoms with Gasteiger partial charge in [0.1, 0.15) is 41.8 Å². The van der Waals surface area contributed by atoms with Gasteiger partial charge in [0.2, 0.25) is 5.43 Å². The Kier molecular flexibility index (Phi) is 7.01. The Labute approximate surface area is 238 Å². The van der Waals surface area contributed by atoms with Gasteiger partial charge in [0.15, 0.2) is 11.4 Å². The molecule has 12 heteroatoms. The molecule has 3 aliphatic heterocycles. The number of nitrogens with zero attached hydrogens (tertiary/aromatic N) is 3. The number of hydrogen-bond acceptors (Lipinski definition) is 6. The number of pyridine rings is 1. The number of amides is 2. The summed E-state index contributed by atoms with van der Waals surface area (Å²) in [5, 5.41) is 4.21. The molecular weight excluding hydrogens is 553 g/mol. The van der Waals surface area contributed by atoms with Crippen molar-refractivity contribution in [3.05, 3.63) is 111 Å². The predicted octanol–water partition coefficient (Wildman–Crippen LogP) is 3.24. The number of hydrogen-bond donors (Lipinski definition) is 1. The van der Waals surface area contributed by atoms with Gasteiger partial charge in [-0.25, -0.2) is 13.2 Å². The summed E-state index contributed by atoms with van der Waals surface area (Å²) in [4.78, 5) is 42.6. The average molecular weight is 581 g/mol. The lowest BCUT2D eigenvalue weighted by Gasteiger charge is -2.46. The van der Waals surface area contributed by atoms with E-state index in [4.69, 9.17) is 9.47 Å². The monoisotopic (exact) mass is 580 g/mol. The van der Waals surface area contributed by atoms with Crippen LogP contribution in [-0.4, -0.2) is 52.9 Å². The molecular formula is C30H27F3N4O5. The van der Waals surface area contributed by atoms with E-state index in [9.17, 15) is 27.6 Å². The molecule has 4 heterocycles. The fourth-order valence-electron chi connectivity index (χ4n) is 5.49. The van der Waals surface area contributed by atoms with Crippen molar-refractivity contribution in [2.75, 3.05) is 24.9 Å².